The van der Waals surface area contributed by atoms with Crippen molar-refractivity contribution in [1.29, 1.82) is 0 Å². The van der Waals surface area contributed by atoms with E-state index in [9.17, 15) is 4.79 Å². The van der Waals surface area contributed by atoms with E-state index in [0.29, 0.717) is 31.4 Å². The van der Waals surface area contributed by atoms with E-state index in [4.69, 9.17) is 9.26 Å². The van der Waals surface area contributed by atoms with Crippen molar-refractivity contribution in [3.05, 3.63) is 35.7 Å². The van der Waals surface area contributed by atoms with Gasteiger partial charge in [0.15, 0.2) is 0 Å². The minimum absolute atomic E-state index is 0.0887. The number of rotatable bonds is 6. The van der Waals surface area contributed by atoms with E-state index >= 15 is 0 Å². The van der Waals surface area contributed by atoms with Crippen LogP contribution >= 0.6 is 0 Å². The molecule has 0 unspecified atom stereocenters. The predicted molar refractivity (Wildman–Crippen MR) is 93.0 cm³/mol. The second-order valence-electron chi connectivity index (χ2n) is 6.20. The smallest absolute Gasteiger partial charge is 0.318 e. The molecule has 1 atom stereocenters. The van der Waals surface area contributed by atoms with Gasteiger partial charge in [-0.1, -0.05) is 29.4 Å². The second-order valence-corrected chi connectivity index (χ2v) is 6.20. The number of aromatic nitrogens is 2. The zero-order chi connectivity index (χ0) is 17.6. The van der Waals surface area contributed by atoms with Crippen molar-refractivity contribution in [3.8, 4) is 11.4 Å². The monoisotopic (exact) mass is 344 g/mol. The summed E-state index contributed by atoms with van der Waals surface area (Å²) in [4.78, 5) is 18.7. The van der Waals surface area contributed by atoms with Gasteiger partial charge < -0.3 is 19.5 Å². The molecule has 25 heavy (non-hydrogen) atoms. The fourth-order valence-electron chi connectivity index (χ4n) is 3.08. The molecule has 2 amide bonds. The van der Waals surface area contributed by atoms with Gasteiger partial charge in [-0.15, -0.1) is 0 Å². The van der Waals surface area contributed by atoms with Crippen molar-refractivity contribution in [2.45, 2.75) is 32.2 Å². The van der Waals surface area contributed by atoms with Crippen molar-refractivity contribution < 1.29 is 14.1 Å². The summed E-state index contributed by atoms with van der Waals surface area (Å²) in [7, 11) is 1.65. The number of carbonyl (C=O) groups is 1. The molecular formula is C18H24N4O3. The van der Waals surface area contributed by atoms with Crippen LogP contribution in [0.15, 0.2) is 28.8 Å². The lowest BCUT2D eigenvalue weighted by atomic mass is 10.1. The third-order valence-electron chi connectivity index (χ3n) is 4.43. The summed E-state index contributed by atoms with van der Waals surface area (Å²) in [6, 6.07) is 7.67. The average molecular weight is 344 g/mol. The minimum atomic E-state index is -0.160. The Kier molecular flexibility index (Phi) is 5.65. The number of likely N-dealkylation sites (tertiary alicyclic amines) is 1. The predicted octanol–water partition coefficient (Wildman–Crippen LogP) is 2.93. The number of nitrogens with zero attached hydrogens (tertiary/aromatic N) is 3. The van der Waals surface area contributed by atoms with E-state index in [0.717, 1.165) is 30.4 Å². The van der Waals surface area contributed by atoms with Crippen molar-refractivity contribution in [3.63, 3.8) is 0 Å². The van der Waals surface area contributed by atoms with Crippen LogP contribution in [0.25, 0.3) is 11.4 Å². The lowest BCUT2D eigenvalue weighted by Gasteiger charge is -2.22. The molecule has 0 bridgehead atoms. The summed E-state index contributed by atoms with van der Waals surface area (Å²) < 4.78 is 10.5. The molecule has 2 aromatic rings. The van der Waals surface area contributed by atoms with Gasteiger partial charge in [0.2, 0.25) is 11.7 Å². The maximum absolute atomic E-state index is 12.4. The molecule has 3 rings (SSSR count). The number of hydrogen-bond acceptors (Lipinski definition) is 5. The molecule has 0 radical (unpaired) electrons. The molecule has 0 aliphatic carbocycles. The van der Waals surface area contributed by atoms with E-state index in [1.807, 2.05) is 31.2 Å². The SMILES string of the molecule is COCCCNC(=O)N1CCC[C@@H]1c1nc(-c2ccccc2C)no1. The van der Waals surface area contributed by atoms with Crippen LogP contribution in [-0.2, 0) is 4.74 Å². The first-order chi connectivity index (χ1) is 12.2. The van der Waals surface area contributed by atoms with E-state index in [1.54, 1.807) is 12.0 Å². The highest BCUT2D eigenvalue weighted by Crippen LogP contribution is 2.32. The Morgan fingerprint density at radius 1 is 1.44 bits per heavy atom. The topological polar surface area (TPSA) is 80.5 Å². The van der Waals surface area contributed by atoms with Crippen LogP contribution in [0, 0.1) is 6.92 Å². The summed E-state index contributed by atoms with van der Waals surface area (Å²) in [6.45, 7) is 3.94. The summed E-state index contributed by atoms with van der Waals surface area (Å²) in [5.41, 5.74) is 2.04. The number of hydrogen-bond donors (Lipinski definition) is 1. The van der Waals surface area contributed by atoms with Crippen LogP contribution in [0.2, 0.25) is 0 Å². The van der Waals surface area contributed by atoms with Crippen LogP contribution in [-0.4, -0.2) is 47.9 Å². The number of aryl methyl sites for hydroxylation is 1. The van der Waals surface area contributed by atoms with Gasteiger partial charge >= 0.3 is 6.03 Å². The molecule has 7 heteroatoms. The van der Waals surface area contributed by atoms with Gasteiger partial charge in [0, 0.05) is 32.4 Å². The highest BCUT2D eigenvalue weighted by Gasteiger charge is 2.34. The highest BCUT2D eigenvalue weighted by molar-refractivity contribution is 5.75. The molecular weight excluding hydrogens is 320 g/mol. The lowest BCUT2D eigenvalue weighted by Crippen LogP contribution is -2.40. The molecule has 1 aliphatic heterocycles. The fourth-order valence-corrected chi connectivity index (χ4v) is 3.08. The standard InChI is InChI=1S/C18H24N4O3/c1-13-7-3-4-8-14(13)16-20-17(25-21-16)15-9-5-11-22(15)18(23)19-10-6-12-24-2/h3-4,7-8,15H,5-6,9-12H2,1-2H3,(H,19,23)/t15-/m1/s1. The largest absolute Gasteiger partial charge is 0.385 e. The van der Waals surface area contributed by atoms with Gasteiger partial charge in [0.25, 0.3) is 0 Å². The maximum Gasteiger partial charge on any atom is 0.318 e. The maximum atomic E-state index is 12.4. The van der Waals surface area contributed by atoms with Gasteiger partial charge in [0.05, 0.1) is 0 Å². The molecule has 1 N–H and O–H groups in total. The summed E-state index contributed by atoms with van der Waals surface area (Å²) in [6.07, 6.45) is 2.55. The third-order valence-corrected chi connectivity index (χ3v) is 4.43. The van der Waals surface area contributed by atoms with E-state index in [2.05, 4.69) is 15.5 Å². The quantitative estimate of drug-likeness (QED) is 0.815. The molecule has 1 fully saturated rings. The van der Waals surface area contributed by atoms with Crippen LogP contribution in [0.3, 0.4) is 0 Å². The fraction of sp³-hybridized carbons (Fsp3) is 0.500. The normalized spacial score (nSPS) is 17.0. The van der Waals surface area contributed by atoms with Crippen molar-refractivity contribution in [2.75, 3.05) is 26.8 Å². The molecule has 0 spiro atoms. The zero-order valence-corrected chi connectivity index (χ0v) is 14.7. The van der Waals surface area contributed by atoms with Crippen LogP contribution < -0.4 is 5.32 Å². The Morgan fingerprint density at radius 2 is 2.28 bits per heavy atom. The molecule has 7 nitrogen and oxygen atoms in total. The van der Waals surface area contributed by atoms with Gasteiger partial charge in [-0.05, 0) is 31.7 Å². The van der Waals surface area contributed by atoms with E-state index < -0.39 is 0 Å². The summed E-state index contributed by atoms with van der Waals surface area (Å²) in [5.74, 6) is 1.07. The summed E-state index contributed by atoms with van der Waals surface area (Å²) >= 11 is 0. The first-order valence-electron chi connectivity index (χ1n) is 8.63. The Balaban J connectivity index is 1.69. The molecule has 0 saturated carbocycles. The molecule has 1 aromatic carbocycles. The van der Waals surface area contributed by atoms with Crippen molar-refractivity contribution in [1.82, 2.24) is 20.4 Å². The lowest BCUT2D eigenvalue weighted by molar-refractivity contribution is 0.174. The van der Waals surface area contributed by atoms with Crippen molar-refractivity contribution in [2.24, 2.45) is 0 Å². The number of nitrogens with one attached hydrogen (secondary N) is 1. The number of benzene rings is 1. The second kappa shape index (κ2) is 8.11. The molecule has 1 aliphatic rings. The Labute approximate surface area is 147 Å². The third kappa shape index (κ3) is 3.99. The van der Waals surface area contributed by atoms with Crippen LogP contribution in [0.4, 0.5) is 4.79 Å². The van der Waals surface area contributed by atoms with Gasteiger partial charge in [0.1, 0.15) is 6.04 Å². The zero-order valence-electron chi connectivity index (χ0n) is 14.7. The molecule has 2 heterocycles. The Morgan fingerprint density at radius 3 is 3.08 bits per heavy atom. The minimum Gasteiger partial charge on any atom is -0.385 e. The van der Waals surface area contributed by atoms with Gasteiger partial charge in [-0.3, -0.25) is 0 Å². The first-order valence-corrected chi connectivity index (χ1v) is 8.63. The Hall–Kier alpha value is -2.41. The Bertz CT molecular complexity index is 716. The highest BCUT2D eigenvalue weighted by atomic mass is 16.5. The number of ether oxygens (including phenoxy) is 1. The van der Waals surface area contributed by atoms with E-state index in [-0.39, 0.29) is 12.1 Å². The molecule has 1 saturated heterocycles. The number of carbonyl (C=O) groups excluding carboxylic acids is 1. The van der Waals surface area contributed by atoms with Crippen LogP contribution in [0.5, 0.6) is 0 Å². The van der Waals surface area contributed by atoms with Gasteiger partial charge in [-0.2, -0.15) is 4.98 Å². The van der Waals surface area contributed by atoms with Gasteiger partial charge in [-0.25, -0.2) is 4.79 Å². The van der Waals surface area contributed by atoms with E-state index in [1.165, 1.54) is 0 Å². The van der Waals surface area contributed by atoms with Crippen LogP contribution in [0.1, 0.15) is 36.8 Å². The summed E-state index contributed by atoms with van der Waals surface area (Å²) in [5, 5.41) is 7.04. The van der Waals surface area contributed by atoms with Crippen molar-refractivity contribution >= 4 is 6.03 Å². The number of urea groups is 1. The number of methoxy groups -OCH3 is 1. The number of amides is 2. The average Bonchev–Trinajstić information content (AvgIpc) is 3.27. The molecule has 134 valence electrons. The first kappa shape index (κ1) is 17.4. The molecule has 1 aromatic heterocycles.